The molecule has 0 unspecified atom stereocenters. The predicted molar refractivity (Wildman–Crippen MR) is 128 cm³/mol. The fourth-order valence-electron chi connectivity index (χ4n) is 4.52. The molecule has 0 radical (unpaired) electrons. The molecule has 2 N–H and O–H groups in total. The van der Waals surface area contributed by atoms with E-state index in [-0.39, 0.29) is 23.5 Å². The molecule has 2 fully saturated rings. The van der Waals surface area contributed by atoms with Crippen molar-refractivity contribution in [3.63, 3.8) is 0 Å². The Labute approximate surface area is 209 Å². The van der Waals surface area contributed by atoms with E-state index in [1.165, 1.54) is 10.4 Å². The van der Waals surface area contributed by atoms with Crippen LogP contribution in [0.25, 0.3) is 11.1 Å². The number of hydrogen-bond donors (Lipinski definition) is 2. The first-order valence-electron chi connectivity index (χ1n) is 12.0. The molecule has 11 heteroatoms. The molecule has 3 aliphatic rings. The Morgan fingerprint density at radius 3 is 2.83 bits per heavy atom. The monoisotopic (exact) mass is 514 g/mol. The molecule has 190 valence electrons. The van der Waals surface area contributed by atoms with Crippen molar-refractivity contribution >= 4 is 15.9 Å². The highest BCUT2D eigenvalue weighted by Crippen LogP contribution is 2.40. The van der Waals surface area contributed by atoms with Crippen LogP contribution in [0.4, 0.5) is 4.39 Å². The lowest BCUT2D eigenvalue weighted by molar-refractivity contribution is -0.132. The summed E-state index contributed by atoms with van der Waals surface area (Å²) in [5.74, 6) is -0.510. The molecule has 3 heterocycles. The summed E-state index contributed by atoms with van der Waals surface area (Å²) in [7, 11) is -3.54. The fourth-order valence-corrected chi connectivity index (χ4v) is 6.09. The van der Waals surface area contributed by atoms with Crippen LogP contribution >= 0.6 is 0 Å². The number of nitriles is 1. The van der Waals surface area contributed by atoms with Gasteiger partial charge in [0.15, 0.2) is 0 Å². The summed E-state index contributed by atoms with van der Waals surface area (Å²) in [5.41, 5.74) is 2.12. The van der Waals surface area contributed by atoms with E-state index in [0.717, 1.165) is 19.4 Å². The Kier molecular flexibility index (Phi) is 6.94. The van der Waals surface area contributed by atoms with Gasteiger partial charge in [-0.1, -0.05) is 6.07 Å². The van der Waals surface area contributed by atoms with Crippen molar-refractivity contribution < 1.29 is 27.1 Å². The van der Waals surface area contributed by atoms with Crippen molar-refractivity contribution in [3.05, 3.63) is 47.3 Å². The number of amides is 1. The molecular formula is C25H27FN4O5S. The first-order chi connectivity index (χ1) is 17.4. The molecule has 0 saturated carbocycles. The van der Waals surface area contributed by atoms with Crippen molar-refractivity contribution in [2.24, 2.45) is 0 Å². The van der Waals surface area contributed by atoms with E-state index in [2.05, 4.69) is 10.6 Å². The van der Waals surface area contributed by atoms with Gasteiger partial charge in [0, 0.05) is 38.2 Å². The van der Waals surface area contributed by atoms with Crippen molar-refractivity contribution in [2.45, 2.75) is 42.9 Å². The molecule has 2 aromatic rings. The molecule has 2 aromatic carbocycles. The number of hydrogen-bond acceptors (Lipinski definition) is 7. The number of carbonyl (C=O) groups excluding carboxylic acids is 1. The standard InChI is InChI=1S/C25H27FN4O5S/c26-22-12-21-20-4-3-19(36(32,33)30-6-2-7-30)10-17(20)15-35-23(21)11-16(22)9-18(13-27)29-25(31)24-14-28-5-1-8-34-24/h3-4,10-12,18,24,28H,1-2,5-9,14-15H2,(H,29,31)/t18-,24-/m0/s1. The Bertz CT molecular complexity index is 1310. The smallest absolute Gasteiger partial charge is 0.251 e. The van der Waals surface area contributed by atoms with Crippen LogP contribution in [0.1, 0.15) is 24.0 Å². The highest BCUT2D eigenvalue weighted by Gasteiger charge is 2.31. The first-order valence-corrected chi connectivity index (χ1v) is 13.4. The maximum absolute atomic E-state index is 15.1. The van der Waals surface area contributed by atoms with Gasteiger partial charge in [-0.15, -0.1) is 0 Å². The van der Waals surface area contributed by atoms with Gasteiger partial charge in [-0.25, -0.2) is 12.8 Å². The zero-order chi connectivity index (χ0) is 25.3. The van der Waals surface area contributed by atoms with Gasteiger partial charge in [0.1, 0.15) is 30.3 Å². The SMILES string of the molecule is N#C[C@H](Cc1cc2c(cc1F)-c1ccc(S(=O)(=O)N3CCC3)cc1CO2)NC(=O)[C@@H]1CNCCCO1. The number of nitrogens with one attached hydrogen (secondary N) is 2. The van der Waals surface area contributed by atoms with E-state index in [1.54, 1.807) is 24.3 Å². The number of rotatable bonds is 6. The van der Waals surface area contributed by atoms with Crippen LogP contribution in [-0.2, 0) is 32.6 Å². The second-order valence-electron chi connectivity index (χ2n) is 9.12. The van der Waals surface area contributed by atoms with Gasteiger partial charge in [0.25, 0.3) is 5.91 Å². The molecule has 1 amide bonds. The zero-order valence-corrected chi connectivity index (χ0v) is 20.4. The summed E-state index contributed by atoms with van der Waals surface area (Å²) in [4.78, 5) is 12.7. The maximum Gasteiger partial charge on any atom is 0.251 e. The molecule has 0 spiro atoms. The van der Waals surface area contributed by atoms with Crippen LogP contribution in [0.15, 0.2) is 35.2 Å². The molecule has 0 aromatic heterocycles. The lowest BCUT2D eigenvalue weighted by Gasteiger charge is -2.30. The Balaban J connectivity index is 1.34. The molecule has 0 bridgehead atoms. The molecule has 36 heavy (non-hydrogen) atoms. The number of benzene rings is 2. The Hall–Kier alpha value is -3.04. The maximum atomic E-state index is 15.1. The molecule has 0 aliphatic carbocycles. The van der Waals surface area contributed by atoms with E-state index in [1.807, 2.05) is 6.07 Å². The molecule has 5 rings (SSSR count). The van der Waals surface area contributed by atoms with E-state index in [0.29, 0.717) is 48.7 Å². The van der Waals surface area contributed by atoms with Gasteiger partial charge in [-0.3, -0.25) is 4.79 Å². The second-order valence-corrected chi connectivity index (χ2v) is 11.1. The van der Waals surface area contributed by atoms with Gasteiger partial charge in [0.2, 0.25) is 10.0 Å². The molecule has 2 saturated heterocycles. The summed E-state index contributed by atoms with van der Waals surface area (Å²) < 4.78 is 53.4. The van der Waals surface area contributed by atoms with Gasteiger partial charge in [-0.2, -0.15) is 9.57 Å². The number of fused-ring (bicyclic) bond motifs is 3. The van der Waals surface area contributed by atoms with Crippen molar-refractivity contribution in [3.8, 4) is 22.9 Å². The third kappa shape index (κ3) is 4.82. The number of carbonyl (C=O) groups is 1. The van der Waals surface area contributed by atoms with Crippen LogP contribution in [0.2, 0.25) is 0 Å². The molecular weight excluding hydrogens is 487 g/mol. The minimum atomic E-state index is -3.54. The normalized spacial score (nSPS) is 20.5. The number of sulfonamides is 1. The first kappa shape index (κ1) is 24.6. The third-order valence-corrected chi connectivity index (χ3v) is 8.58. The van der Waals surface area contributed by atoms with Gasteiger partial charge >= 0.3 is 0 Å². The van der Waals surface area contributed by atoms with E-state index >= 15 is 4.39 Å². The Morgan fingerprint density at radius 1 is 1.25 bits per heavy atom. The molecule has 3 aliphatic heterocycles. The van der Waals surface area contributed by atoms with Crippen molar-refractivity contribution in [1.82, 2.24) is 14.9 Å². The highest BCUT2D eigenvalue weighted by atomic mass is 32.2. The topological polar surface area (TPSA) is 121 Å². The molecule has 9 nitrogen and oxygen atoms in total. The van der Waals surface area contributed by atoms with E-state index in [9.17, 15) is 18.5 Å². The van der Waals surface area contributed by atoms with Crippen LogP contribution in [0.5, 0.6) is 5.75 Å². The molecule has 2 atom stereocenters. The van der Waals surface area contributed by atoms with Gasteiger partial charge < -0.3 is 20.1 Å². The van der Waals surface area contributed by atoms with Crippen LogP contribution in [0.3, 0.4) is 0 Å². The number of halogens is 1. The Morgan fingerprint density at radius 2 is 2.08 bits per heavy atom. The minimum Gasteiger partial charge on any atom is -0.488 e. The summed E-state index contributed by atoms with van der Waals surface area (Å²) in [6.07, 6.45) is 0.908. The van der Waals surface area contributed by atoms with Crippen molar-refractivity contribution in [2.75, 3.05) is 32.8 Å². The summed E-state index contributed by atoms with van der Waals surface area (Å²) in [6, 6.07) is 8.76. The average molecular weight is 515 g/mol. The fraction of sp³-hybridized carbons (Fsp3) is 0.440. The zero-order valence-electron chi connectivity index (χ0n) is 19.6. The van der Waals surface area contributed by atoms with Crippen LogP contribution in [-0.4, -0.2) is 63.6 Å². The largest absolute Gasteiger partial charge is 0.488 e. The van der Waals surface area contributed by atoms with E-state index < -0.39 is 33.9 Å². The van der Waals surface area contributed by atoms with E-state index in [4.69, 9.17) is 9.47 Å². The summed E-state index contributed by atoms with van der Waals surface area (Å²) in [6.45, 7) is 2.73. The lowest BCUT2D eigenvalue weighted by atomic mass is 9.94. The minimum absolute atomic E-state index is 0.0370. The van der Waals surface area contributed by atoms with Gasteiger partial charge in [-0.05, 0) is 60.3 Å². The number of ether oxygens (including phenoxy) is 2. The third-order valence-electron chi connectivity index (χ3n) is 6.69. The van der Waals surface area contributed by atoms with Crippen molar-refractivity contribution in [1.29, 1.82) is 5.26 Å². The van der Waals surface area contributed by atoms with Gasteiger partial charge in [0.05, 0.1) is 11.0 Å². The van der Waals surface area contributed by atoms with Crippen LogP contribution < -0.4 is 15.4 Å². The summed E-state index contributed by atoms with van der Waals surface area (Å²) >= 11 is 0. The number of nitrogens with zero attached hydrogens (tertiary/aromatic N) is 2. The predicted octanol–water partition coefficient (Wildman–Crippen LogP) is 1.71. The average Bonchev–Trinajstić information content (AvgIpc) is 3.12. The van der Waals surface area contributed by atoms with Crippen LogP contribution in [0, 0.1) is 17.1 Å². The summed E-state index contributed by atoms with van der Waals surface area (Å²) in [5, 5.41) is 15.3. The highest BCUT2D eigenvalue weighted by molar-refractivity contribution is 7.89. The second kappa shape index (κ2) is 10.1. The lowest BCUT2D eigenvalue weighted by Crippen LogP contribution is -2.46. The quantitative estimate of drug-likeness (QED) is 0.602.